The standard InChI is InChI=1S/C17H24N4.ClH/c1-3-20(4-2)13-14-21(17-10-6-8-12-19-17)15-16-9-5-7-11-18-16;/h5-12H,3-4,13-15H2,1-2H3;1H. The number of nitrogens with zero attached hydrogens (tertiary/aromatic N) is 4. The Morgan fingerprint density at radius 2 is 1.55 bits per heavy atom. The third kappa shape index (κ3) is 5.62. The first-order valence-corrected chi connectivity index (χ1v) is 7.61. The highest BCUT2D eigenvalue weighted by Crippen LogP contribution is 2.12. The van der Waals surface area contributed by atoms with Gasteiger partial charge >= 0.3 is 0 Å². The summed E-state index contributed by atoms with van der Waals surface area (Å²) >= 11 is 0. The van der Waals surface area contributed by atoms with Crippen LogP contribution in [0.3, 0.4) is 0 Å². The van der Waals surface area contributed by atoms with Crippen LogP contribution < -0.4 is 4.90 Å². The lowest BCUT2D eigenvalue weighted by Gasteiger charge is -2.27. The number of hydrogen-bond donors (Lipinski definition) is 0. The molecule has 0 radical (unpaired) electrons. The van der Waals surface area contributed by atoms with Crippen LogP contribution in [0.5, 0.6) is 0 Å². The van der Waals surface area contributed by atoms with Gasteiger partial charge in [-0.2, -0.15) is 0 Å². The third-order valence-electron chi connectivity index (χ3n) is 3.63. The topological polar surface area (TPSA) is 32.3 Å². The molecular weight excluding hydrogens is 296 g/mol. The third-order valence-corrected chi connectivity index (χ3v) is 3.63. The molecule has 0 aromatic carbocycles. The molecule has 0 spiro atoms. The molecule has 2 rings (SSSR count). The zero-order valence-corrected chi connectivity index (χ0v) is 14.2. The normalized spacial score (nSPS) is 10.3. The Labute approximate surface area is 139 Å². The van der Waals surface area contributed by atoms with Crippen molar-refractivity contribution in [1.82, 2.24) is 14.9 Å². The van der Waals surface area contributed by atoms with Gasteiger partial charge in [0.1, 0.15) is 5.82 Å². The van der Waals surface area contributed by atoms with Gasteiger partial charge in [0.05, 0.1) is 12.2 Å². The molecule has 2 aromatic rings. The van der Waals surface area contributed by atoms with Gasteiger partial charge in [-0.25, -0.2) is 4.98 Å². The van der Waals surface area contributed by atoms with Crippen LogP contribution >= 0.6 is 12.4 Å². The van der Waals surface area contributed by atoms with Crippen LogP contribution in [0.1, 0.15) is 19.5 Å². The van der Waals surface area contributed by atoms with Gasteiger partial charge in [0, 0.05) is 25.5 Å². The molecule has 120 valence electrons. The van der Waals surface area contributed by atoms with Gasteiger partial charge in [0.2, 0.25) is 0 Å². The highest BCUT2D eigenvalue weighted by molar-refractivity contribution is 5.85. The number of hydrogen-bond acceptors (Lipinski definition) is 4. The molecule has 0 unspecified atom stereocenters. The summed E-state index contributed by atoms with van der Waals surface area (Å²) < 4.78 is 0. The highest BCUT2D eigenvalue weighted by Gasteiger charge is 2.10. The second-order valence-corrected chi connectivity index (χ2v) is 4.96. The average Bonchev–Trinajstić information content (AvgIpc) is 2.56. The van der Waals surface area contributed by atoms with Crippen molar-refractivity contribution in [3.8, 4) is 0 Å². The first kappa shape index (κ1) is 18.4. The lowest BCUT2D eigenvalue weighted by atomic mass is 10.3. The SMILES string of the molecule is CCN(CC)CCN(Cc1ccccn1)c1ccccn1.Cl. The van der Waals surface area contributed by atoms with E-state index in [4.69, 9.17) is 0 Å². The van der Waals surface area contributed by atoms with E-state index in [0.29, 0.717) is 0 Å². The monoisotopic (exact) mass is 320 g/mol. The Kier molecular flexibility index (Phi) is 8.48. The molecule has 0 N–H and O–H groups in total. The summed E-state index contributed by atoms with van der Waals surface area (Å²) in [5, 5.41) is 0. The van der Waals surface area contributed by atoms with Gasteiger partial charge in [-0.3, -0.25) is 4.98 Å². The quantitative estimate of drug-likeness (QED) is 0.747. The molecule has 2 aromatic heterocycles. The number of halogens is 1. The van der Waals surface area contributed by atoms with Gasteiger partial charge in [-0.15, -0.1) is 12.4 Å². The Bertz CT molecular complexity index is 503. The van der Waals surface area contributed by atoms with E-state index in [0.717, 1.165) is 44.2 Å². The average molecular weight is 321 g/mol. The summed E-state index contributed by atoms with van der Waals surface area (Å²) in [6.45, 7) is 9.35. The molecule has 0 amide bonds. The smallest absolute Gasteiger partial charge is 0.128 e. The van der Waals surface area contributed by atoms with E-state index in [1.165, 1.54) is 0 Å². The van der Waals surface area contributed by atoms with Gasteiger partial charge in [-0.05, 0) is 37.4 Å². The highest BCUT2D eigenvalue weighted by atomic mass is 35.5. The number of aromatic nitrogens is 2. The number of rotatable bonds is 8. The summed E-state index contributed by atoms with van der Waals surface area (Å²) in [6.07, 6.45) is 3.69. The van der Waals surface area contributed by atoms with Crippen LogP contribution in [0, 0.1) is 0 Å². The molecule has 0 atom stereocenters. The zero-order chi connectivity index (χ0) is 14.9. The van der Waals surface area contributed by atoms with Crippen molar-refractivity contribution in [2.24, 2.45) is 0 Å². The van der Waals surface area contributed by atoms with Crippen LogP contribution in [-0.2, 0) is 6.54 Å². The fraction of sp³-hybridized carbons (Fsp3) is 0.412. The van der Waals surface area contributed by atoms with Crippen LogP contribution in [-0.4, -0.2) is 41.0 Å². The second kappa shape index (κ2) is 10.1. The summed E-state index contributed by atoms with van der Waals surface area (Å²) in [7, 11) is 0. The maximum Gasteiger partial charge on any atom is 0.128 e. The van der Waals surface area contributed by atoms with Crippen molar-refractivity contribution in [3.05, 3.63) is 54.5 Å². The molecule has 2 heterocycles. The molecule has 5 heteroatoms. The van der Waals surface area contributed by atoms with Gasteiger partial charge in [0.15, 0.2) is 0 Å². The van der Waals surface area contributed by atoms with E-state index in [1.807, 2.05) is 36.7 Å². The van der Waals surface area contributed by atoms with Gasteiger partial charge in [-0.1, -0.05) is 26.0 Å². The van der Waals surface area contributed by atoms with E-state index in [9.17, 15) is 0 Å². The summed E-state index contributed by atoms with van der Waals surface area (Å²) in [4.78, 5) is 13.6. The minimum Gasteiger partial charge on any atom is -0.349 e. The summed E-state index contributed by atoms with van der Waals surface area (Å²) in [5.41, 5.74) is 1.07. The van der Waals surface area contributed by atoms with Crippen LogP contribution in [0.15, 0.2) is 48.8 Å². The maximum atomic E-state index is 4.48. The van der Waals surface area contributed by atoms with Crippen molar-refractivity contribution in [1.29, 1.82) is 0 Å². The zero-order valence-electron chi connectivity index (χ0n) is 13.4. The second-order valence-electron chi connectivity index (χ2n) is 4.96. The Morgan fingerprint density at radius 1 is 0.864 bits per heavy atom. The molecule has 0 bridgehead atoms. The predicted octanol–water partition coefficient (Wildman–Crippen LogP) is 3.25. The predicted molar refractivity (Wildman–Crippen MR) is 94.6 cm³/mol. The number of pyridine rings is 2. The maximum absolute atomic E-state index is 4.48. The first-order chi connectivity index (χ1) is 10.3. The molecule has 22 heavy (non-hydrogen) atoms. The molecule has 0 aliphatic carbocycles. The lowest BCUT2D eigenvalue weighted by Crippen LogP contribution is -2.35. The molecule has 0 aliphatic heterocycles. The number of anilines is 1. The van der Waals surface area contributed by atoms with Gasteiger partial charge < -0.3 is 9.80 Å². The van der Waals surface area contributed by atoms with Crippen LogP contribution in [0.25, 0.3) is 0 Å². The fourth-order valence-corrected chi connectivity index (χ4v) is 2.30. The van der Waals surface area contributed by atoms with E-state index in [-0.39, 0.29) is 12.4 Å². The van der Waals surface area contributed by atoms with Crippen molar-refractivity contribution in [2.75, 3.05) is 31.1 Å². The van der Waals surface area contributed by atoms with Crippen molar-refractivity contribution < 1.29 is 0 Å². The van der Waals surface area contributed by atoms with Crippen molar-refractivity contribution in [3.63, 3.8) is 0 Å². The number of likely N-dealkylation sites (N-methyl/N-ethyl adjacent to an activating group) is 1. The Morgan fingerprint density at radius 3 is 2.09 bits per heavy atom. The van der Waals surface area contributed by atoms with E-state index in [1.54, 1.807) is 0 Å². The van der Waals surface area contributed by atoms with Crippen molar-refractivity contribution >= 4 is 18.2 Å². The summed E-state index contributed by atoms with van der Waals surface area (Å²) in [5.74, 6) is 1.01. The van der Waals surface area contributed by atoms with Gasteiger partial charge in [0.25, 0.3) is 0 Å². The summed E-state index contributed by atoms with van der Waals surface area (Å²) in [6, 6.07) is 12.1. The molecule has 0 saturated carbocycles. The van der Waals surface area contributed by atoms with E-state index in [2.05, 4.69) is 45.7 Å². The minimum absolute atomic E-state index is 0. The lowest BCUT2D eigenvalue weighted by molar-refractivity contribution is 0.309. The Balaban J connectivity index is 0.00000242. The van der Waals surface area contributed by atoms with Crippen LogP contribution in [0.2, 0.25) is 0 Å². The van der Waals surface area contributed by atoms with E-state index < -0.39 is 0 Å². The largest absolute Gasteiger partial charge is 0.349 e. The first-order valence-electron chi connectivity index (χ1n) is 7.61. The molecule has 0 fully saturated rings. The van der Waals surface area contributed by atoms with Crippen molar-refractivity contribution in [2.45, 2.75) is 20.4 Å². The van der Waals surface area contributed by atoms with E-state index >= 15 is 0 Å². The molecule has 4 nitrogen and oxygen atoms in total. The fourth-order valence-electron chi connectivity index (χ4n) is 2.30. The molecule has 0 aliphatic rings. The molecule has 0 saturated heterocycles. The minimum atomic E-state index is 0. The van der Waals surface area contributed by atoms with Crippen LogP contribution in [0.4, 0.5) is 5.82 Å². The molecular formula is C17H25ClN4. The Hall–Kier alpha value is -1.65.